The summed E-state index contributed by atoms with van der Waals surface area (Å²) in [4.78, 5) is 9.49. The molecular formula is C12H25O2-. The second-order valence-corrected chi connectivity index (χ2v) is 5.28. The van der Waals surface area contributed by atoms with Crippen LogP contribution in [0.5, 0.6) is 0 Å². The molecule has 0 aliphatic carbocycles. The van der Waals surface area contributed by atoms with E-state index in [1.165, 1.54) is 6.42 Å². The largest absolute Gasteiger partial charge is 0.550 e. The van der Waals surface area contributed by atoms with E-state index in [1.54, 1.807) is 6.92 Å². The van der Waals surface area contributed by atoms with E-state index in [0.717, 1.165) is 5.92 Å². The highest BCUT2D eigenvalue weighted by atomic mass is 16.4. The maximum absolute atomic E-state index is 9.49. The van der Waals surface area contributed by atoms with Gasteiger partial charge in [-0.3, -0.25) is 0 Å². The molecule has 14 heavy (non-hydrogen) atoms. The molecule has 2 nitrogen and oxygen atoms in total. The molecule has 0 spiro atoms. The number of carboxylic acids is 1. The summed E-state index contributed by atoms with van der Waals surface area (Å²) in [6.07, 6.45) is 2.18. The Kier molecular flexibility index (Phi) is 8.91. The van der Waals surface area contributed by atoms with Gasteiger partial charge < -0.3 is 9.90 Å². The Morgan fingerprint density at radius 1 is 1.29 bits per heavy atom. The molecule has 86 valence electrons. The van der Waals surface area contributed by atoms with Gasteiger partial charge in [0.25, 0.3) is 0 Å². The van der Waals surface area contributed by atoms with Crippen LogP contribution in [0.1, 0.15) is 60.8 Å². The van der Waals surface area contributed by atoms with Crippen LogP contribution < -0.4 is 5.11 Å². The van der Waals surface area contributed by atoms with Crippen molar-refractivity contribution in [1.82, 2.24) is 0 Å². The lowest BCUT2D eigenvalue weighted by atomic mass is 9.86. The van der Waals surface area contributed by atoms with Crippen molar-refractivity contribution in [3.8, 4) is 0 Å². The third-order valence-electron chi connectivity index (χ3n) is 1.47. The first-order valence-electron chi connectivity index (χ1n) is 5.39. The average molecular weight is 201 g/mol. The third kappa shape index (κ3) is 22.5. The molecule has 0 aliphatic heterocycles. The van der Waals surface area contributed by atoms with Gasteiger partial charge in [0, 0.05) is 5.97 Å². The van der Waals surface area contributed by atoms with Crippen molar-refractivity contribution < 1.29 is 9.90 Å². The Morgan fingerprint density at radius 2 is 1.71 bits per heavy atom. The summed E-state index contributed by atoms with van der Waals surface area (Å²) in [5.74, 6) is -0.118. The van der Waals surface area contributed by atoms with Crippen molar-refractivity contribution in [1.29, 1.82) is 0 Å². The molecule has 0 amide bonds. The average Bonchev–Trinajstić information content (AvgIpc) is 1.80. The first-order chi connectivity index (χ1) is 6.19. The molecule has 0 atom stereocenters. The Hall–Kier alpha value is -0.530. The van der Waals surface area contributed by atoms with Crippen molar-refractivity contribution >= 4 is 5.97 Å². The van der Waals surface area contributed by atoms with Gasteiger partial charge in [0.1, 0.15) is 0 Å². The van der Waals surface area contributed by atoms with Gasteiger partial charge in [-0.25, -0.2) is 0 Å². The smallest absolute Gasteiger partial charge is 0.0414 e. The molecule has 0 saturated heterocycles. The first kappa shape index (κ1) is 15.9. The zero-order valence-electron chi connectivity index (χ0n) is 10.5. The molecule has 2 heteroatoms. The summed E-state index contributed by atoms with van der Waals surface area (Å²) in [6.45, 7) is 13.2. The molecule has 0 aromatic carbocycles. The van der Waals surface area contributed by atoms with Crippen molar-refractivity contribution in [2.24, 2.45) is 11.3 Å². The Morgan fingerprint density at radius 3 is 1.71 bits per heavy atom. The van der Waals surface area contributed by atoms with Crippen LogP contribution in [0.4, 0.5) is 0 Å². The van der Waals surface area contributed by atoms with Crippen LogP contribution in [-0.2, 0) is 4.79 Å². The van der Waals surface area contributed by atoms with Crippen molar-refractivity contribution in [3.63, 3.8) is 0 Å². The lowest BCUT2D eigenvalue weighted by Crippen LogP contribution is -2.20. The molecule has 0 bridgehead atoms. The molecule has 0 aromatic rings. The van der Waals surface area contributed by atoms with Gasteiger partial charge in [0.2, 0.25) is 0 Å². The predicted octanol–water partition coefficient (Wildman–Crippen LogP) is 2.62. The number of carbonyl (C=O) groups is 1. The lowest BCUT2D eigenvalue weighted by Gasteiger charge is -2.19. The molecule has 0 heterocycles. The van der Waals surface area contributed by atoms with Gasteiger partial charge >= 0.3 is 0 Å². The minimum Gasteiger partial charge on any atom is -0.550 e. The summed E-state index contributed by atoms with van der Waals surface area (Å²) in [7, 11) is 0. The van der Waals surface area contributed by atoms with E-state index >= 15 is 0 Å². The fraction of sp³-hybridized carbons (Fsp3) is 0.917. The second kappa shape index (κ2) is 7.84. The normalized spacial score (nSPS) is 10.8. The van der Waals surface area contributed by atoms with E-state index in [9.17, 15) is 9.90 Å². The van der Waals surface area contributed by atoms with E-state index in [4.69, 9.17) is 0 Å². The van der Waals surface area contributed by atoms with E-state index in [2.05, 4.69) is 34.6 Å². The van der Waals surface area contributed by atoms with Crippen LogP contribution in [-0.4, -0.2) is 5.97 Å². The van der Waals surface area contributed by atoms with Crippen LogP contribution in [0.25, 0.3) is 0 Å². The summed E-state index contributed by atoms with van der Waals surface area (Å²) >= 11 is 0. The standard InChI is InChI=1S/C8H18.C4H8O2/c1-7(2)6-8(3,4)5;1-2-3-4(5)6/h7H,6H2,1-5H3;2-3H2,1H3,(H,5,6)/p-1. The summed E-state index contributed by atoms with van der Waals surface area (Å²) in [5.41, 5.74) is 0.522. The fourth-order valence-electron chi connectivity index (χ4n) is 1.43. The maximum Gasteiger partial charge on any atom is 0.0414 e. The van der Waals surface area contributed by atoms with Gasteiger partial charge in [-0.2, -0.15) is 0 Å². The predicted molar refractivity (Wildman–Crippen MR) is 58.8 cm³/mol. The number of rotatable bonds is 3. The maximum atomic E-state index is 9.49. The second-order valence-electron chi connectivity index (χ2n) is 5.28. The van der Waals surface area contributed by atoms with Gasteiger partial charge in [0.05, 0.1) is 0 Å². The minimum atomic E-state index is -0.961. The molecular weight excluding hydrogens is 176 g/mol. The van der Waals surface area contributed by atoms with Crippen LogP contribution in [0.3, 0.4) is 0 Å². The summed E-state index contributed by atoms with van der Waals surface area (Å²) in [5, 5.41) is 9.49. The van der Waals surface area contributed by atoms with Crippen LogP contribution >= 0.6 is 0 Å². The van der Waals surface area contributed by atoms with E-state index < -0.39 is 5.97 Å². The highest BCUT2D eigenvalue weighted by molar-refractivity contribution is 5.63. The number of carbonyl (C=O) groups excluding carboxylic acids is 1. The zero-order chi connectivity index (χ0) is 11.8. The molecule has 0 N–H and O–H groups in total. The Balaban J connectivity index is 0. The van der Waals surface area contributed by atoms with Gasteiger partial charge in [0.15, 0.2) is 0 Å². The van der Waals surface area contributed by atoms with Crippen molar-refractivity contribution in [2.45, 2.75) is 60.8 Å². The number of carboxylic acid groups (broad SMARTS) is 1. The summed E-state index contributed by atoms with van der Waals surface area (Å²) < 4.78 is 0. The van der Waals surface area contributed by atoms with Gasteiger partial charge in [-0.15, -0.1) is 0 Å². The Labute approximate surface area is 88.7 Å². The van der Waals surface area contributed by atoms with E-state index in [0.29, 0.717) is 11.8 Å². The van der Waals surface area contributed by atoms with Crippen molar-refractivity contribution in [3.05, 3.63) is 0 Å². The van der Waals surface area contributed by atoms with Crippen LogP contribution in [0, 0.1) is 11.3 Å². The zero-order valence-corrected chi connectivity index (χ0v) is 10.5. The molecule has 0 saturated carbocycles. The lowest BCUT2D eigenvalue weighted by molar-refractivity contribution is -0.305. The molecule has 0 rings (SSSR count). The number of hydrogen-bond donors (Lipinski definition) is 0. The highest BCUT2D eigenvalue weighted by Crippen LogP contribution is 2.23. The monoisotopic (exact) mass is 201 g/mol. The van der Waals surface area contributed by atoms with Gasteiger partial charge in [-0.05, 0) is 24.2 Å². The molecule has 0 radical (unpaired) electrons. The molecule has 0 fully saturated rings. The van der Waals surface area contributed by atoms with E-state index in [-0.39, 0.29) is 6.42 Å². The summed E-state index contributed by atoms with van der Waals surface area (Å²) in [6, 6.07) is 0. The van der Waals surface area contributed by atoms with Crippen LogP contribution in [0.15, 0.2) is 0 Å². The SMILES string of the molecule is CC(C)CC(C)(C)C.CCCC(=O)[O-]. The Bertz CT molecular complexity index is 143. The fourth-order valence-corrected chi connectivity index (χ4v) is 1.43. The van der Waals surface area contributed by atoms with Crippen LogP contribution in [0.2, 0.25) is 0 Å². The van der Waals surface area contributed by atoms with E-state index in [1.807, 2.05) is 0 Å². The molecule has 0 aliphatic rings. The molecule has 0 unspecified atom stereocenters. The molecule has 0 aromatic heterocycles. The minimum absolute atomic E-state index is 0.181. The van der Waals surface area contributed by atoms with Gasteiger partial charge in [-0.1, -0.05) is 48.0 Å². The number of aliphatic carboxylic acids is 1. The highest BCUT2D eigenvalue weighted by Gasteiger charge is 2.11. The van der Waals surface area contributed by atoms with Crippen molar-refractivity contribution in [2.75, 3.05) is 0 Å². The number of hydrogen-bond acceptors (Lipinski definition) is 2. The topological polar surface area (TPSA) is 40.1 Å². The first-order valence-corrected chi connectivity index (χ1v) is 5.39. The quantitative estimate of drug-likeness (QED) is 0.704. The third-order valence-corrected chi connectivity index (χ3v) is 1.47.